The van der Waals surface area contributed by atoms with E-state index in [4.69, 9.17) is 0 Å². The van der Waals surface area contributed by atoms with E-state index >= 15 is 0 Å². The molecule has 0 bridgehead atoms. The van der Waals surface area contributed by atoms with Crippen LogP contribution < -0.4 is 0 Å². The lowest BCUT2D eigenvalue weighted by molar-refractivity contribution is 0.215. The van der Waals surface area contributed by atoms with Crippen LogP contribution in [0.3, 0.4) is 0 Å². The molecule has 0 saturated carbocycles. The first-order valence-electron chi connectivity index (χ1n) is 4.57. The Bertz CT molecular complexity index is 106. The number of alkyl halides is 1. The summed E-state index contributed by atoms with van der Waals surface area (Å²) in [7, 11) is 0. The molecule has 0 aliphatic carbocycles. The third-order valence-corrected chi connectivity index (χ3v) is 3.25. The van der Waals surface area contributed by atoms with E-state index in [0.29, 0.717) is 0 Å². The summed E-state index contributed by atoms with van der Waals surface area (Å²) in [5.41, 5.74) is 0. The highest BCUT2D eigenvalue weighted by molar-refractivity contribution is 9.09. The summed E-state index contributed by atoms with van der Waals surface area (Å²) in [4.78, 5) is 2.63. The largest absolute Gasteiger partial charge is 0.298 e. The van der Waals surface area contributed by atoms with Crippen molar-refractivity contribution in [3.05, 3.63) is 0 Å². The molecule has 0 radical (unpaired) electrons. The number of nitrogens with zero attached hydrogens (tertiary/aromatic N) is 1. The fraction of sp³-hybridized carbons (Fsp3) is 1.00. The molecule has 1 saturated heterocycles. The highest BCUT2D eigenvalue weighted by Crippen LogP contribution is 2.23. The molecule has 2 heteroatoms. The van der Waals surface area contributed by atoms with E-state index in [1.54, 1.807) is 0 Å². The first-order valence-corrected chi connectivity index (χ1v) is 5.69. The van der Waals surface area contributed by atoms with Crippen molar-refractivity contribution in [2.45, 2.75) is 45.2 Å². The van der Waals surface area contributed by atoms with Crippen LogP contribution in [0, 0.1) is 0 Å². The van der Waals surface area contributed by atoms with Crippen molar-refractivity contribution >= 4 is 15.9 Å². The summed E-state index contributed by atoms with van der Waals surface area (Å²) < 4.78 is 0. The second kappa shape index (κ2) is 4.46. The average Bonchev–Trinajstić information content (AvgIpc) is 2.29. The van der Waals surface area contributed by atoms with Crippen molar-refractivity contribution in [2.24, 2.45) is 0 Å². The van der Waals surface area contributed by atoms with Gasteiger partial charge in [0.2, 0.25) is 0 Å². The van der Waals surface area contributed by atoms with Gasteiger partial charge >= 0.3 is 0 Å². The van der Waals surface area contributed by atoms with Gasteiger partial charge in [-0.15, -0.1) is 0 Å². The van der Waals surface area contributed by atoms with E-state index in [-0.39, 0.29) is 0 Å². The normalized spacial score (nSPS) is 33.0. The Morgan fingerprint density at radius 2 is 1.82 bits per heavy atom. The zero-order chi connectivity index (χ0) is 8.27. The van der Waals surface area contributed by atoms with Crippen LogP contribution in [0.1, 0.15) is 33.1 Å². The predicted octanol–water partition coefficient (Wildman–Crippen LogP) is 2.64. The van der Waals surface area contributed by atoms with Crippen molar-refractivity contribution in [1.29, 1.82) is 0 Å². The van der Waals surface area contributed by atoms with Gasteiger partial charge in [0.05, 0.1) is 0 Å². The Labute approximate surface area is 78.3 Å². The van der Waals surface area contributed by atoms with Crippen molar-refractivity contribution in [3.8, 4) is 0 Å². The van der Waals surface area contributed by atoms with E-state index in [0.717, 1.165) is 17.4 Å². The van der Waals surface area contributed by atoms with E-state index in [9.17, 15) is 0 Å². The Morgan fingerprint density at radius 3 is 2.27 bits per heavy atom. The lowest BCUT2D eigenvalue weighted by atomic mass is 10.2. The van der Waals surface area contributed by atoms with E-state index < -0.39 is 0 Å². The Morgan fingerprint density at radius 1 is 1.27 bits per heavy atom. The lowest BCUT2D eigenvalue weighted by Crippen LogP contribution is -2.33. The molecule has 2 atom stereocenters. The number of hydrogen-bond donors (Lipinski definition) is 0. The number of likely N-dealkylation sites (tertiary alicyclic amines) is 1. The molecule has 0 amide bonds. The standard InChI is InChI=1S/C9H18BrN/c1-8-4-5-9(2)11(8)7-3-6-10/h8-9H,3-7H2,1-2H3. The minimum atomic E-state index is 0.823. The van der Waals surface area contributed by atoms with Crippen LogP contribution in [0.5, 0.6) is 0 Å². The maximum atomic E-state index is 3.47. The summed E-state index contributed by atoms with van der Waals surface area (Å²) in [6.07, 6.45) is 4.07. The maximum absolute atomic E-state index is 3.47. The smallest absolute Gasteiger partial charge is 0.00703 e. The first-order chi connectivity index (χ1) is 5.25. The van der Waals surface area contributed by atoms with Gasteiger partial charge in [0.1, 0.15) is 0 Å². The van der Waals surface area contributed by atoms with Gasteiger partial charge < -0.3 is 0 Å². The van der Waals surface area contributed by atoms with Crippen LogP contribution in [0.15, 0.2) is 0 Å². The molecule has 1 aliphatic heterocycles. The van der Waals surface area contributed by atoms with Crippen LogP contribution in [0.4, 0.5) is 0 Å². The number of rotatable bonds is 3. The van der Waals surface area contributed by atoms with Gasteiger partial charge in [-0.05, 0) is 39.7 Å². The number of hydrogen-bond acceptors (Lipinski definition) is 1. The topological polar surface area (TPSA) is 3.24 Å². The van der Waals surface area contributed by atoms with Crippen molar-refractivity contribution < 1.29 is 0 Å². The fourth-order valence-electron chi connectivity index (χ4n) is 1.93. The molecule has 0 aromatic rings. The summed E-state index contributed by atoms with van der Waals surface area (Å²) in [5.74, 6) is 0. The second-order valence-electron chi connectivity index (χ2n) is 3.56. The van der Waals surface area contributed by atoms with Gasteiger partial charge in [-0.3, -0.25) is 4.90 Å². The van der Waals surface area contributed by atoms with Crippen LogP contribution >= 0.6 is 15.9 Å². The maximum Gasteiger partial charge on any atom is 0.00703 e. The first kappa shape index (κ1) is 9.53. The zero-order valence-corrected chi connectivity index (χ0v) is 9.10. The predicted molar refractivity (Wildman–Crippen MR) is 53.3 cm³/mol. The minimum absolute atomic E-state index is 0.823. The highest BCUT2D eigenvalue weighted by atomic mass is 79.9. The van der Waals surface area contributed by atoms with E-state index in [1.807, 2.05) is 0 Å². The molecule has 0 N–H and O–H groups in total. The molecule has 66 valence electrons. The van der Waals surface area contributed by atoms with Crippen molar-refractivity contribution in [2.75, 3.05) is 11.9 Å². The second-order valence-corrected chi connectivity index (χ2v) is 4.35. The molecular weight excluding hydrogens is 202 g/mol. The van der Waals surface area contributed by atoms with E-state index in [1.165, 1.54) is 25.8 Å². The molecule has 11 heavy (non-hydrogen) atoms. The molecular formula is C9H18BrN. The monoisotopic (exact) mass is 219 g/mol. The summed E-state index contributed by atoms with van der Waals surface area (Å²) in [6.45, 7) is 5.96. The van der Waals surface area contributed by atoms with Gasteiger partial charge in [-0.2, -0.15) is 0 Å². The third kappa shape index (κ3) is 2.45. The molecule has 0 aromatic heterocycles. The fourth-order valence-corrected chi connectivity index (χ4v) is 2.18. The van der Waals surface area contributed by atoms with Crippen LogP contribution in [-0.2, 0) is 0 Å². The molecule has 0 aromatic carbocycles. The summed E-state index contributed by atoms with van der Waals surface area (Å²) in [6, 6.07) is 1.65. The SMILES string of the molecule is CC1CCC(C)N1CCCBr. The molecule has 1 heterocycles. The zero-order valence-electron chi connectivity index (χ0n) is 7.52. The Kier molecular flexibility index (Phi) is 3.86. The van der Waals surface area contributed by atoms with Crippen LogP contribution in [0.2, 0.25) is 0 Å². The van der Waals surface area contributed by atoms with Crippen molar-refractivity contribution in [3.63, 3.8) is 0 Å². The summed E-state index contributed by atoms with van der Waals surface area (Å²) >= 11 is 3.47. The molecule has 1 aliphatic rings. The molecule has 1 rings (SSSR count). The lowest BCUT2D eigenvalue weighted by Gasteiger charge is -2.25. The number of halogens is 1. The molecule has 2 unspecified atom stereocenters. The highest BCUT2D eigenvalue weighted by Gasteiger charge is 2.25. The van der Waals surface area contributed by atoms with E-state index in [2.05, 4.69) is 34.7 Å². The van der Waals surface area contributed by atoms with Crippen LogP contribution in [0.25, 0.3) is 0 Å². The Balaban J connectivity index is 2.29. The molecule has 0 spiro atoms. The molecule has 1 nitrogen and oxygen atoms in total. The van der Waals surface area contributed by atoms with Gasteiger partial charge in [-0.1, -0.05) is 15.9 Å². The van der Waals surface area contributed by atoms with Gasteiger partial charge in [-0.25, -0.2) is 0 Å². The van der Waals surface area contributed by atoms with Gasteiger partial charge in [0.15, 0.2) is 0 Å². The van der Waals surface area contributed by atoms with Crippen LogP contribution in [-0.4, -0.2) is 28.9 Å². The average molecular weight is 220 g/mol. The van der Waals surface area contributed by atoms with Gasteiger partial charge in [0.25, 0.3) is 0 Å². The molecule has 1 fully saturated rings. The summed E-state index contributed by atoms with van der Waals surface area (Å²) in [5, 5.41) is 1.14. The van der Waals surface area contributed by atoms with Crippen molar-refractivity contribution in [1.82, 2.24) is 4.90 Å². The minimum Gasteiger partial charge on any atom is -0.298 e. The quantitative estimate of drug-likeness (QED) is 0.661. The third-order valence-electron chi connectivity index (χ3n) is 2.68. The Hall–Kier alpha value is 0.440. The van der Waals surface area contributed by atoms with Gasteiger partial charge in [0, 0.05) is 17.4 Å².